The van der Waals surface area contributed by atoms with Crippen molar-refractivity contribution >= 4 is 34.7 Å². The van der Waals surface area contributed by atoms with Crippen LogP contribution in [0.25, 0.3) is 28.5 Å². The van der Waals surface area contributed by atoms with Gasteiger partial charge in [-0.15, -0.1) is 16.9 Å². The minimum absolute atomic E-state index is 0.716. The highest BCUT2D eigenvalue weighted by Crippen LogP contribution is 2.31. The van der Waals surface area contributed by atoms with Gasteiger partial charge in [0.05, 0.1) is 0 Å². The van der Waals surface area contributed by atoms with Crippen molar-refractivity contribution in [2.45, 2.75) is 23.9 Å². The number of thioether (sulfide) groups is 2. The summed E-state index contributed by atoms with van der Waals surface area (Å²) in [4.78, 5) is 19.6. The van der Waals surface area contributed by atoms with E-state index in [0.29, 0.717) is 5.16 Å². The molecule has 138 valence electrons. The first kappa shape index (κ1) is 18.0. The zero-order valence-corrected chi connectivity index (χ0v) is 17.2. The van der Waals surface area contributed by atoms with Crippen molar-refractivity contribution in [2.75, 3.05) is 12.0 Å². The lowest BCUT2D eigenvalue weighted by Crippen LogP contribution is -2.03. The zero-order valence-electron chi connectivity index (χ0n) is 15.5. The fraction of sp³-hybridized carbons (Fsp3) is 0.278. The first-order chi connectivity index (χ1) is 13.1. The maximum atomic E-state index is 4.88. The average molecular weight is 398 g/mol. The molecule has 0 aliphatic heterocycles. The zero-order chi connectivity index (χ0) is 19.0. The van der Waals surface area contributed by atoms with Gasteiger partial charge in [0.15, 0.2) is 17.3 Å². The van der Waals surface area contributed by atoms with Crippen LogP contribution in [0.2, 0.25) is 0 Å². The van der Waals surface area contributed by atoms with E-state index in [-0.39, 0.29) is 0 Å². The van der Waals surface area contributed by atoms with E-state index in [1.165, 1.54) is 11.8 Å². The number of nitrogens with zero attached hydrogens (tertiary/aromatic N) is 7. The molecule has 0 saturated carbocycles. The number of hydrogen-bond donors (Lipinski definition) is 0. The first-order valence-electron chi connectivity index (χ1n) is 8.50. The standard InChI is InChI=1S/C18H19N7S2/c1-5-27-13-6-7-14(25-10-20-18(23-25)26-4)22-15(13)17-21-12-8-11(2)9-19-16(12)24(17)3/h6-10H,5H2,1-4H3. The van der Waals surface area contributed by atoms with E-state index in [9.17, 15) is 0 Å². The van der Waals surface area contributed by atoms with Gasteiger partial charge < -0.3 is 4.57 Å². The topological polar surface area (TPSA) is 74.3 Å². The van der Waals surface area contributed by atoms with E-state index >= 15 is 0 Å². The highest BCUT2D eigenvalue weighted by atomic mass is 32.2. The molecule has 0 amide bonds. The van der Waals surface area contributed by atoms with E-state index in [1.807, 2.05) is 43.1 Å². The molecule has 9 heteroatoms. The summed E-state index contributed by atoms with van der Waals surface area (Å²) in [5.74, 6) is 2.47. The number of fused-ring (bicyclic) bond motifs is 1. The maximum absolute atomic E-state index is 4.88. The smallest absolute Gasteiger partial charge is 0.208 e. The van der Waals surface area contributed by atoms with Crippen molar-refractivity contribution in [3.05, 3.63) is 36.3 Å². The van der Waals surface area contributed by atoms with Gasteiger partial charge in [0.25, 0.3) is 0 Å². The summed E-state index contributed by atoms with van der Waals surface area (Å²) in [6, 6.07) is 6.08. The molecular weight excluding hydrogens is 378 g/mol. The SMILES string of the molecule is CCSc1ccc(-n2cnc(SC)n2)nc1-c1nc2cc(C)cnc2n1C. The van der Waals surface area contributed by atoms with Crippen LogP contribution in [0.5, 0.6) is 0 Å². The van der Waals surface area contributed by atoms with E-state index < -0.39 is 0 Å². The van der Waals surface area contributed by atoms with Crippen molar-refractivity contribution in [3.8, 4) is 17.3 Å². The van der Waals surface area contributed by atoms with Crippen molar-refractivity contribution in [3.63, 3.8) is 0 Å². The molecule has 0 atom stereocenters. The number of pyridine rings is 2. The van der Waals surface area contributed by atoms with Crippen LogP contribution >= 0.6 is 23.5 Å². The van der Waals surface area contributed by atoms with Crippen LogP contribution in [-0.4, -0.2) is 46.3 Å². The van der Waals surface area contributed by atoms with Crippen LogP contribution in [0.4, 0.5) is 0 Å². The first-order valence-corrected chi connectivity index (χ1v) is 10.7. The molecule has 0 radical (unpaired) electrons. The lowest BCUT2D eigenvalue weighted by molar-refractivity contribution is 0.805. The third-order valence-electron chi connectivity index (χ3n) is 4.09. The van der Waals surface area contributed by atoms with Gasteiger partial charge in [-0.25, -0.2) is 24.6 Å². The normalized spacial score (nSPS) is 11.4. The lowest BCUT2D eigenvalue weighted by atomic mass is 10.3. The molecule has 0 saturated heterocycles. The summed E-state index contributed by atoms with van der Waals surface area (Å²) in [5, 5.41) is 5.16. The molecule has 0 unspecified atom stereocenters. The van der Waals surface area contributed by atoms with Gasteiger partial charge in [0.2, 0.25) is 5.16 Å². The van der Waals surface area contributed by atoms with Gasteiger partial charge >= 0.3 is 0 Å². The molecule has 4 heterocycles. The largest absolute Gasteiger partial charge is 0.310 e. The molecule has 4 aromatic heterocycles. The Morgan fingerprint density at radius 3 is 2.74 bits per heavy atom. The third kappa shape index (κ3) is 3.32. The molecule has 0 fully saturated rings. The Hall–Kier alpha value is -2.39. The third-order valence-corrected chi connectivity index (χ3v) is 5.57. The molecular formula is C18H19N7S2. The van der Waals surface area contributed by atoms with Crippen LogP contribution in [0.1, 0.15) is 12.5 Å². The predicted octanol–water partition coefficient (Wildman–Crippen LogP) is 3.75. The molecule has 0 aliphatic rings. The molecule has 0 N–H and O–H groups in total. The molecule has 27 heavy (non-hydrogen) atoms. The second kappa shape index (κ2) is 7.32. The van der Waals surface area contributed by atoms with E-state index in [1.54, 1.807) is 22.8 Å². The molecule has 0 aliphatic carbocycles. The summed E-state index contributed by atoms with van der Waals surface area (Å²) >= 11 is 3.25. The molecule has 7 nitrogen and oxygen atoms in total. The Bertz CT molecular complexity index is 1120. The fourth-order valence-corrected chi connectivity index (χ4v) is 3.91. The summed E-state index contributed by atoms with van der Waals surface area (Å²) < 4.78 is 3.69. The monoisotopic (exact) mass is 397 g/mol. The molecule has 4 rings (SSSR count). The highest BCUT2D eigenvalue weighted by Gasteiger charge is 2.18. The second-order valence-corrected chi connectivity index (χ2v) is 8.05. The summed E-state index contributed by atoms with van der Waals surface area (Å²) in [6.45, 7) is 4.15. The number of rotatable bonds is 5. The average Bonchev–Trinajstić information content (AvgIpc) is 3.27. The van der Waals surface area contributed by atoms with Crippen molar-refractivity contribution in [1.82, 2.24) is 34.3 Å². The number of aromatic nitrogens is 7. The number of aryl methyl sites for hydroxylation is 2. The van der Waals surface area contributed by atoms with E-state index in [2.05, 4.69) is 28.1 Å². The molecule has 0 aromatic carbocycles. The molecule has 4 aromatic rings. The number of hydrogen-bond acceptors (Lipinski definition) is 7. The Balaban J connectivity index is 1.89. The van der Waals surface area contributed by atoms with Gasteiger partial charge in [-0.3, -0.25) is 0 Å². The van der Waals surface area contributed by atoms with E-state index in [0.717, 1.165) is 44.7 Å². The Labute approximate surface area is 165 Å². The second-order valence-electron chi connectivity index (χ2n) is 5.97. The Morgan fingerprint density at radius 1 is 1.15 bits per heavy atom. The van der Waals surface area contributed by atoms with Crippen LogP contribution in [-0.2, 0) is 7.05 Å². The minimum atomic E-state index is 0.716. The Kier molecular flexibility index (Phi) is 4.88. The minimum Gasteiger partial charge on any atom is -0.310 e. The Morgan fingerprint density at radius 2 is 2.00 bits per heavy atom. The fourth-order valence-electron chi connectivity index (χ4n) is 2.84. The van der Waals surface area contributed by atoms with Gasteiger partial charge in [-0.1, -0.05) is 18.7 Å². The number of imidazole rings is 1. The quantitative estimate of drug-likeness (QED) is 0.475. The van der Waals surface area contributed by atoms with Crippen molar-refractivity contribution in [2.24, 2.45) is 7.05 Å². The maximum Gasteiger partial charge on any atom is 0.208 e. The summed E-state index contributed by atoms with van der Waals surface area (Å²) in [6.07, 6.45) is 5.50. The summed E-state index contributed by atoms with van der Waals surface area (Å²) in [5.41, 5.74) is 3.64. The molecule has 0 spiro atoms. The van der Waals surface area contributed by atoms with Gasteiger partial charge in [-0.05, 0) is 42.7 Å². The highest BCUT2D eigenvalue weighted by molar-refractivity contribution is 7.99. The van der Waals surface area contributed by atoms with Crippen LogP contribution in [0.15, 0.2) is 40.8 Å². The lowest BCUT2D eigenvalue weighted by Gasteiger charge is -2.10. The van der Waals surface area contributed by atoms with Crippen LogP contribution < -0.4 is 0 Å². The predicted molar refractivity (Wildman–Crippen MR) is 110 cm³/mol. The van der Waals surface area contributed by atoms with Gasteiger partial charge in [0, 0.05) is 18.1 Å². The van der Waals surface area contributed by atoms with Gasteiger partial charge in [-0.2, -0.15) is 0 Å². The van der Waals surface area contributed by atoms with Gasteiger partial charge in [0.1, 0.15) is 17.5 Å². The van der Waals surface area contributed by atoms with Crippen molar-refractivity contribution < 1.29 is 0 Å². The van der Waals surface area contributed by atoms with Crippen LogP contribution in [0, 0.1) is 6.92 Å². The van der Waals surface area contributed by atoms with Crippen LogP contribution in [0.3, 0.4) is 0 Å². The van der Waals surface area contributed by atoms with E-state index in [4.69, 9.17) is 9.97 Å². The molecule has 0 bridgehead atoms. The van der Waals surface area contributed by atoms with Crippen molar-refractivity contribution in [1.29, 1.82) is 0 Å². The summed E-state index contributed by atoms with van der Waals surface area (Å²) in [7, 11) is 1.98.